The zero-order valence-corrected chi connectivity index (χ0v) is 8.99. The first-order valence-electron chi connectivity index (χ1n) is 5.57. The van der Waals surface area contributed by atoms with E-state index in [4.69, 9.17) is 10.5 Å². The van der Waals surface area contributed by atoms with Gasteiger partial charge in [-0.2, -0.15) is 0 Å². The molecule has 0 aromatic heterocycles. The summed E-state index contributed by atoms with van der Waals surface area (Å²) in [4.78, 5) is 0. The number of nitrogens with two attached hydrogens (primary N) is 1. The Balaban J connectivity index is 2.12. The fourth-order valence-electron chi connectivity index (χ4n) is 2.10. The van der Waals surface area contributed by atoms with Crippen molar-refractivity contribution in [1.82, 2.24) is 0 Å². The van der Waals surface area contributed by atoms with E-state index in [1.54, 1.807) is 0 Å². The summed E-state index contributed by atoms with van der Waals surface area (Å²) in [5, 5.41) is 0. The molecule has 2 unspecified atom stereocenters. The highest BCUT2D eigenvalue weighted by Gasteiger charge is 2.28. The molecule has 1 heterocycles. The third-order valence-electron chi connectivity index (χ3n) is 3.06. The molecule has 2 nitrogen and oxygen atoms in total. The number of rotatable bonds is 4. The largest absolute Gasteiger partial charge is 0.399 e. The summed E-state index contributed by atoms with van der Waals surface area (Å²) in [7, 11) is 0. The average Bonchev–Trinajstić information content (AvgIpc) is 2.16. The summed E-state index contributed by atoms with van der Waals surface area (Å²) in [6, 6.07) is 8.14. The van der Waals surface area contributed by atoms with Crippen LogP contribution in [0.1, 0.15) is 30.7 Å². The lowest BCUT2D eigenvalue weighted by atomic mass is 9.86. The van der Waals surface area contributed by atoms with E-state index in [1.807, 2.05) is 12.1 Å². The van der Waals surface area contributed by atoms with Crippen molar-refractivity contribution in [3.8, 4) is 0 Å². The van der Waals surface area contributed by atoms with E-state index < -0.39 is 0 Å². The van der Waals surface area contributed by atoms with Crippen molar-refractivity contribution >= 4 is 5.69 Å². The molecule has 1 fully saturated rings. The minimum atomic E-state index is 0.398. The van der Waals surface area contributed by atoms with Crippen LogP contribution in [-0.2, 0) is 4.74 Å². The number of nitrogen functional groups attached to an aromatic ring is 1. The van der Waals surface area contributed by atoms with E-state index in [-0.39, 0.29) is 0 Å². The lowest BCUT2D eigenvalue weighted by molar-refractivity contribution is -0.0674. The van der Waals surface area contributed by atoms with E-state index >= 15 is 0 Å². The quantitative estimate of drug-likeness (QED) is 0.765. The highest BCUT2D eigenvalue weighted by Crippen LogP contribution is 2.33. The van der Waals surface area contributed by atoms with E-state index in [0.717, 1.165) is 25.1 Å². The van der Waals surface area contributed by atoms with Gasteiger partial charge in [-0.1, -0.05) is 25.5 Å². The molecule has 1 aliphatic rings. The molecule has 1 aliphatic heterocycles. The van der Waals surface area contributed by atoms with Crippen LogP contribution in [0, 0.1) is 6.92 Å². The number of hydrogen-bond donors (Lipinski definition) is 1. The fraction of sp³-hybridized carbons (Fsp3) is 0.462. The molecule has 2 atom stereocenters. The molecule has 15 heavy (non-hydrogen) atoms. The zero-order chi connectivity index (χ0) is 10.7. The Bertz CT molecular complexity index is 303. The summed E-state index contributed by atoms with van der Waals surface area (Å²) < 4.78 is 5.57. The molecule has 0 amide bonds. The van der Waals surface area contributed by atoms with Crippen LogP contribution in [0.2, 0.25) is 0 Å². The van der Waals surface area contributed by atoms with Crippen molar-refractivity contribution in [3.05, 3.63) is 36.8 Å². The predicted molar refractivity (Wildman–Crippen MR) is 62.5 cm³/mol. The molecule has 0 bridgehead atoms. The second kappa shape index (κ2) is 4.67. The first kappa shape index (κ1) is 10.5. The Morgan fingerprint density at radius 1 is 1.40 bits per heavy atom. The Morgan fingerprint density at radius 2 is 2.07 bits per heavy atom. The third kappa shape index (κ3) is 2.32. The molecule has 2 N–H and O–H groups in total. The van der Waals surface area contributed by atoms with E-state index in [9.17, 15) is 0 Å². The van der Waals surface area contributed by atoms with Crippen LogP contribution < -0.4 is 5.73 Å². The first-order chi connectivity index (χ1) is 7.31. The van der Waals surface area contributed by atoms with Gasteiger partial charge in [0.25, 0.3) is 0 Å². The van der Waals surface area contributed by atoms with Gasteiger partial charge in [0.2, 0.25) is 0 Å². The average molecular weight is 204 g/mol. The van der Waals surface area contributed by atoms with Gasteiger partial charge < -0.3 is 10.5 Å². The molecule has 81 valence electrons. The van der Waals surface area contributed by atoms with E-state index in [2.05, 4.69) is 19.1 Å². The van der Waals surface area contributed by atoms with E-state index in [0.29, 0.717) is 12.0 Å². The Labute approximate surface area is 91.4 Å². The van der Waals surface area contributed by atoms with Crippen LogP contribution in [0.4, 0.5) is 5.69 Å². The van der Waals surface area contributed by atoms with Gasteiger partial charge >= 0.3 is 0 Å². The maximum absolute atomic E-state index is 5.68. The number of benzene rings is 1. The van der Waals surface area contributed by atoms with Crippen molar-refractivity contribution in [2.45, 2.75) is 31.3 Å². The highest BCUT2D eigenvalue weighted by molar-refractivity contribution is 5.40. The minimum absolute atomic E-state index is 0.398. The number of ether oxygens (including phenoxy) is 1. The van der Waals surface area contributed by atoms with E-state index in [1.165, 1.54) is 12.0 Å². The van der Waals surface area contributed by atoms with Gasteiger partial charge in [0.05, 0.1) is 6.10 Å². The fourth-order valence-corrected chi connectivity index (χ4v) is 2.10. The lowest BCUT2D eigenvalue weighted by Crippen LogP contribution is -2.33. The van der Waals surface area contributed by atoms with Crippen molar-refractivity contribution < 1.29 is 4.74 Å². The van der Waals surface area contributed by atoms with Crippen LogP contribution in [0.25, 0.3) is 0 Å². The van der Waals surface area contributed by atoms with Gasteiger partial charge in [-0.25, -0.2) is 0 Å². The van der Waals surface area contributed by atoms with Crippen LogP contribution in [0.15, 0.2) is 24.3 Å². The zero-order valence-electron chi connectivity index (χ0n) is 8.99. The van der Waals surface area contributed by atoms with Crippen LogP contribution in [0.5, 0.6) is 0 Å². The summed E-state index contributed by atoms with van der Waals surface area (Å²) in [5.41, 5.74) is 7.83. The Hall–Kier alpha value is -1.02. The topological polar surface area (TPSA) is 35.2 Å². The molecule has 0 saturated carbocycles. The normalized spacial score (nSPS) is 22.1. The molecule has 1 aromatic carbocycles. The molecule has 2 heteroatoms. The Kier molecular flexibility index (Phi) is 3.27. The van der Waals surface area contributed by atoms with Gasteiger partial charge in [-0.05, 0) is 30.5 Å². The van der Waals surface area contributed by atoms with Crippen molar-refractivity contribution in [3.63, 3.8) is 0 Å². The lowest BCUT2D eigenvalue weighted by Gasteiger charge is -2.34. The molecular formula is C13H18NO. The van der Waals surface area contributed by atoms with Crippen LogP contribution in [0.3, 0.4) is 0 Å². The van der Waals surface area contributed by atoms with Gasteiger partial charge in [-0.3, -0.25) is 0 Å². The second-order valence-electron chi connectivity index (χ2n) is 4.11. The standard InChI is InChI=1S/C13H18NO/c1-2-3-12(13-8-9-15-13)10-4-6-11(14)7-5-10/h4-7,12-13H,1-3,8-9,14H2. The summed E-state index contributed by atoms with van der Waals surface area (Å²) in [6.07, 6.45) is 3.62. The monoisotopic (exact) mass is 204 g/mol. The first-order valence-corrected chi connectivity index (χ1v) is 5.57. The summed E-state index contributed by atoms with van der Waals surface area (Å²) in [5.74, 6) is 0.497. The van der Waals surface area contributed by atoms with Crippen molar-refractivity contribution in [1.29, 1.82) is 0 Å². The highest BCUT2D eigenvalue weighted by atomic mass is 16.5. The van der Waals surface area contributed by atoms with Gasteiger partial charge in [0, 0.05) is 18.2 Å². The molecule has 1 radical (unpaired) electrons. The van der Waals surface area contributed by atoms with Crippen LogP contribution in [-0.4, -0.2) is 12.7 Å². The van der Waals surface area contributed by atoms with Crippen molar-refractivity contribution in [2.75, 3.05) is 12.3 Å². The SMILES string of the molecule is [CH2]CCC(c1ccc(N)cc1)C1CCO1. The smallest absolute Gasteiger partial charge is 0.0665 e. The van der Waals surface area contributed by atoms with Gasteiger partial charge in [-0.15, -0.1) is 0 Å². The van der Waals surface area contributed by atoms with Crippen molar-refractivity contribution in [2.24, 2.45) is 0 Å². The van der Waals surface area contributed by atoms with Gasteiger partial charge in [0.1, 0.15) is 0 Å². The molecule has 0 aliphatic carbocycles. The van der Waals surface area contributed by atoms with Crippen LogP contribution >= 0.6 is 0 Å². The second-order valence-corrected chi connectivity index (χ2v) is 4.11. The maximum atomic E-state index is 5.68. The Morgan fingerprint density at radius 3 is 2.53 bits per heavy atom. The molecule has 1 aromatic rings. The number of hydrogen-bond acceptors (Lipinski definition) is 2. The third-order valence-corrected chi connectivity index (χ3v) is 3.06. The summed E-state index contributed by atoms with van der Waals surface area (Å²) in [6.45, 7) is 4.84. The molecule has 0 spiro atoms. The predicted octanol–water partition coefficient (Wildman–Crippen LogP) is 2.76. The maximum Gasteiger partial charge on any atom is 0.0665 e. The minimum Gasteiger partial charge on any atom is -0.399 e. The number of anilines is 1. The molecular weight excluding hydrogens is 186 g/mol. The summed E-state index contributed by atoms with van der Waals surface area (Å²) >= 11 is 0. The molecule has 2 rings (SSSR count). The molecule has 1 saturated heterocycles. The van der Waals surface area contributed by atoms with Gasteiger partial charge in [0.15, 0.2) is 0 Å².